The molecule has 1 amide bonds. The minimum atomic E-state index is -0.0770. The van der Waals surface area contributed by atoms with Crippen molar-refractivity contribution in [2.75, 3.05) is 16.8 Å². The lowest BCUT2D eigenvalue weighted by atomic mass is 10.2. The van der Waals surface area contributed by atoms with E-state index in [9.17, 15) is 4.79 Å². The summed E-state index contributed by atoms with van der Waals surface area (Å²) in [4.78, 5) is 23.2. The Morgan fingerprint density at radius 1 is 1.24 bits per heavy atom. The zero-order valence-electron chi connectivity index (χ0n) is 10.7. The van der Waals surface area contributed by atoms with Crippen molar-refractivity contribution in [3.8, 4) is 0 Å². The number of benzene rings is 1. The number of nitrogens with zero attached hydrogens (tertiary/aromatic N) is 3. The number of rotatable bonds is 1. The van der Waals surface area contributed by atoms with Crippen molar-refractivity contribution in [2.24, 2.45) is 0 Å². The van der Waals surface area contributed by atoms with Gasteiger partial charge in [-0.05, 0) is 35.2 Å². The lowest BCUT2D eigenvalue weighted by Gasteiger charge is -2.30. The third-order valence-corrected chi connectivity index (χ3v) is 4.28. The van der Waals surface area contributed by atoms with Crippen molar-refractivity contribution in [1.82, 2.24) is 9.97 Å². The fourth-order valence-electron chi connectivity index (χ4n) is 2.44. The number of amides is 1. The van der Waals surface area contributed by atoms with Crippen LogP contribution in [0.4, 0.5) is 17.2 Å². The van der Waals surface area contributed by atoms with E-state index in [0.717, 1.165) is 21.6 Å². The van der Waals surface area contributed by atoms with Gasteiger partial charge < -0.3 is 10.2 Å². The topological polar surface area (TPSA) is 58.1 Å². The standard InChI is InChI=1S/C14H9ClN4OS/c15-14-17-12(8-5-6-21-13(8)18-14)19-7-11(20)16-9-3-1-2-4-10(9)19/h1-6H,7H2,(H,16,20). The number of carbonyl (C=O) groups is 1. The summed E-state index contributed by atoms with van der Waals surface area (Å²) in [5.41, 5.74) is 1.67. The fraction of sp³-hybridized carbons (Fsp3) is 0.0714. The predicted molar refractivity (Wildman–Crippen MR) is 84.5 cm³/mol. The zero-order valence-corrected chi connectivity index (χ0v) is 12.3. The van der Waals surface area contributed by atoms with Crippen LogP contribution in [0.5, 0.6) is 0 Å². The van der Waals surface area contributed by atoms with Gasteiger partial charge in [0.25, 0.3) is 0 Å². The number of fused-ring (bicyclic) bond motifs is 2. The first-order chi connectivity index (χ1) is 10.2. The fourth-order valence-corrected chi connectivity index (χ4v) is 3.42. The van der Waals surface area contributed by atoms with E-state index in [0.29, 0.717) is 5.82 Å². The highest BCUT2D eigenvalue weighted by molar-refractivity contribution is 7.16. The molecule has 104 valence electrons. The van der Waals surface area contributed by atoms with Crippen LogP contribution in [0.3, 0.4) is 0 Å². The Kier molecular flexibility index (Phi) is 2.80. The van der Waals surface area contributed by atoms with Gasteiger partial charge in [-0.25, -0.2) is 4.98 Å². The maximum Gasteiger partial charge on any atom is 0.244 e. The van der Waals surface area contributed by atoms with E-state index in [1.807, 2.05) is 40.6 Å². The van der Waals surface area contributed by atoms with Crippen molar-refractivity contribution < 1.29 is 4.79 Å². The molecule has 5 nitrogen and oxygen atoms in total. The average molecular weight is 317 g/mol. The van der Waals surface area contributed by atoms with E-state index in [4.69, 9.17) is 11.6 Å². The summed E-state index contributed by atoms with van der Waals surface area (Å²) in [5, 5.41) is 5.88. The lowest BCUT2D eigenvalue weighted by Crippen LogP contribution is -2.35. The normalized spacial score (nSPS) is 14.1. The van der Waals surface area contributed by atoms with E-state index in [-0.39, 0.29) is 17.7 Å². The highest BCUT2D eigenvalue weighted by Crippen LogP contribution is 2.38. The highest BCUT2D eigenvalue weighted by atomic mass is 35.5. The van der Waals surface area contributed by atoms with Crippen molar-refractivity contribution in [3.63, 3.8) is 0 Å². The zero-order chi connectivity index (χ0) is 14.4. The Morgan fingerprint density at radius 3 is 3.00 bits per heavy atom. The summed E-state index contributed by atoms with van der Waals surface area (Å²) >= 11 is 7.52. The molecule has 2 aromatic heterocycles. The van der Waals surface area contributed by atoms with Crippen LogP contribution in [0.1, 0.15) is 0 Å². The molecule has 0 spiro atoms. The summed E-state index contributed by atoms with van der Waals surface area (Å²) in [7, 11) is 0. The van der Waals surface area contributed by atoms with Gasteiger partial charge in [0, 0.05) is 0 Å². The first kappa shape index (κ1) is 12.6. The molecule has 7 heteroatoms. The molecule has 0 unspecified atom stereocenters. The minimum Gasteiger partial charge on any atom is -0.323 e. The summed E-state index contributed by atoms with van der Waals surface area (Å²) < 4.78 is 0. The Morgan fingerprint density at radius 2 is 2.10 bits per heavy atom. The number of hydrogen-bond donors (Lipinski definition) is 1. The van der Waals surface area contributed by atoms with E-state index in [1.165, 1.54) is 11.3 Å². The van der Waals surface area contributed by atoms with Crippen LogP contribution >= 0.6 is 22.9 Å². The smallest absolute Gasteiger partial charge is 0.244 e. The van der Waals surface area contributed by atoms with Crippen molar-refractivity contribution in [1.29, 1.82) is 0 Å². The molecule has 1 aliphatic heterocycles. The first-order valence-corrected chi connectivity index (χ1v) is 7.55. The summed E-state index contributed by atoms with van der Waals surface area (Å²) in [6, 6.07) is 9.57. The number of anilines is 3. The van der Waals surface area contributed by atoms with Gasteiger partial charge in [0.05, 0.1) is 16.8 Å². The predicted octanol–water partition coefficient (Wildman–Crippen LogP) is 3.43. The van der Waals surface area contributed by atoms with E-state index < -0.39 is 0 Å². The van der Waals surface area contributed by atoms with Gasteiger partial charge in [-0.2, -0.15) is 4.98 Å². The Labute approximate surface area is 129 Å². The van der Waals surface area contributed by atoms with E-state index in [2.05, 4.69) is 15.3 Å². The third kappa shape index (κ3) is 2.03. The number of halogens is 1. The van der Waals surface area contributed by atoms with Crippen LogP contribution in [0, 0.1) is 0 Å². The molecule has 0 saturated carbocycles. The summed E-state index contributed by atoms with van der Waals surface area (Å²) in [6.07, 6.45) is 0. The van der Waals surface area contributed by atoms with Gasteiger partial charge in [-0.3, -0.25) is 4.79 Å². The molecular weight excluding hydrogens is 308 g/mol. The van der Waals surface area contributed by atoms with Gasteiger partial charge in [0.2, 0.25) is 11.2 Å². The number of carbonyl (C=O) groups excluding carboxylic acids is 1. The molecule has 21 heavy (non-hydrogen) atoms. The molecule has 1 N–H and O–H groups in total. The van der Waals surface area contributed by atoms with Crippen molar-refractivity contribution in [2.45, 2.75) is 0 Å². The molecule has 0 saturated heterocycles. The molecule has 0 aliphatic carbocycles. The third-order valence-electron chi connectivity index (χ3n) is 3.30. The van der Waals surface area contributed by atoms with Crippen LogP contribution < -0.4 is 10.2 Å². The quantitative estimate of drug-likeness (QED) is 0.699. The number of aromatic nitrogens is 2. The molecule has 0 bridgehead atoms. The van der Waals surface area contributed by atoms with Crippen molar-refractivity contribution in [3.05, 3.63) is 41.0 Å². The molecule has 1 aromatic carbocycles. The molecular formula is C14H9ClN4OS. The Balaban J connectivity index is 1.96. The SMILES string of the molecule is O=C1CN(c2nc(Cl)nc3sccc23)c2ccccc2N1. The van der Waals surface area contributed by atoms with Crippen LogP contribution in [0.25, 0.3) is 10.2 Å². The summed E-state index contributed by atoms with van der Waals surface area (Å²) in [6.45, 7) is 0.204. The molecule has 0 radical (unpaired) electrons. The second-order valence-electron chi connectivity index (χ2n) is 4.61. The van der Waals surface area contributed by atoms with E-state index in [1.54, 1.807) is 0 Å². The highest BCUT2D eigenvalue weighted by Gasteiger charge is 2.25. The molecule has 3 heterocycles. The molecule has 3 aromatic rings. The average Bonchev–Trinajstić information content (AvgIpc) is 2.93. The van der Waals surface area contributed by atoms with Gasteiger partial charge in [0.15, 0.2) is 0 Å². The number of hydrogen-bond acceptors (Lipinski definition) is 5. The largest absolute Gasteiger partial charge is 0.323 e. The minimum absolute atomic E-state index is 0.0770. The van der Waals surface area contributed by atoms with Gasteiger partial charge in [0.1, 0.15) is 17.2 Å². The van der Waals surface area contributed by atoms with Crippen molar-refractivity contribution >= 4 is 56.3 Å². The first-order valence-electron chi connectivity index (χ1n) is 6.29. The molecule has 0 atom stereocenters. The van der Waals surface area contributed by atoms with Crippen LogP contribution in [-0.2, 0) is 4.79 Å². The number of nitrogens with one attached hydrogen (secondary N) is 1. The second-order valence-corrected chi connectivity index (χ2v) is 5.84. The van der Waals surface area contributed by atoms with Crippen LogP contribution in [0.15, 0.2) is 35.7 Å². The van der Waals surface area contributed by atoms with Gasteiger partial charge in [-0.1, -0.05) is 12.1 Å². The van der Waals surface area contributed by atoms with Gasteiger partial charge >= 0.3 is 0 Å². The maximum absolute atomic E-state index is 11.9. The van der Waals surface area contributed by atoms with E-state index >= 15 is 0 Å². The Bertz CT molecular complexity index is 863. The lowest BCUT2D eigenvalue weighted by molar-refractivity contribution is -0.115. The second kappa shape index (κ2) is 4.68. The maximum atomic E-state index is 11.9. The monoisotopic (exact) mass is 316 g/mol. The summed E-state index contributed by atoms with van der Waals surface area (Å²) in [5.74, 6) is 0.584. The molecule has 4 rings (SSSR count). The Hall–Kier alpha value is -2.18. The number of thiophene rings is 1. The molecule has 1 aliphatic rings. The van der Waals surface area contributed by atoms with Crippen LogP contribution in [0.2, 0.25) is 5.28 Å². The van der Waals surface area contributed by atoms with Gasteiger partial charge in [-0.15, -0.1) is 11.3 Å². The number of para-hydroxylation sites is 2. The molecule has 0 fully saturated rings. The van der Waals surface area contributed by atoms with Crippen LogP contribution in [-0.4, -0.2) is 22.4 Å².